The van der Waals surface area contributed by atoms with E-state index in [-0.39, 0.29) is 17.5 Å². The van der Waals surface area contributed by atoms with Crippen LogP contribution in [0.4, 0.5) is 0 Å². The summed E-state index contributed by atoms with van der Waals surface area (Å²) in [6.07, 6.45) is 4.01. The van der Waals surface area contributed by atoms with Crippen LogP contribution in [0.3, 0.4) is 0 Å². The number of esters is 1. The van der Waals surface area contributed by atoms with Crippen molar-refractivity contribution in [2.75, 3.05) is 0 Å². The van der Waals surface area contributed by atoms with E-state index in [1.54, 1.807) is 0 Å². The Balaban J connectivity index is 1.66. The Bertz CT molecular complexity index is 505. The molecule has 20 heavy (non-hydrogen) atoms. The zero-order valence-electron chi connectivity index (χ0n) is 12.7. The van der Waals surface area contributed by atoms with Gasteiger partial charge in [-0.1, -0.05) is 51.1 Å². The predicted molar refractivity (Wildman–Crippen MR) is 79.3 cm³/mol. The normalized spacial score (nSPS) is 34.1. The molecule has 2 nitrogen and oxygen atoms in total. The Hall–Kier alpha value is -1.31. The van der Waals surface area contributed by atoms with Crippen molar-refractivity contribution in [3.63, 3.8) is 0 Å². The molecule has 3 rings (SSSR count). The molecule has 2 bridgehead atoms. The van der Waals surface area contributed by atoms with Crippen LogP contribution in [0.1, 0.15) is 45.6 Å². The first-order valence-electron chi connectivity index (χ1n) is 7.67. The second kappa shape index (κ2) is 4.61. The lowest BCUT2D eigenvalue weighted by molar-refractivity contribution is -0.156. The van der Waals surface area contributed by atoms with Crippen molar-refractivity contribution in [2.45, 2.75) is 52.6 Å². The summed E-state index contributed by atoms with van der Waals surface area (Å²) in [4.78, 5) is 12.2. The Kier molecular flexibility index (Phi) is 3.15. The first-order valence-corrected chi connectivity index (χ1v) is 7.67. The SMILES string of the molecule is CC1(C)C2CCC1(C)C(OC(=O)Cc1ccccc1)C2. The van der Waals surface area contributed by atoms with Crippen LogP contribution in [-0.4, -0.2) is 12.1 Å². The van der Waals surface area contributed by atoms with Crippen molar-refractivity contribution in [3.8, 4) is 0 Å². The summed E-state index contributed by atoms with van der Waals surface area (Å²) in [6, 6.07) is 9.85. The van der Waals surface area contributed by atoms with Crippen LogP contribution in [0.15, 0.2) is 30.3 Å². The third-order valence-corrected chi connectivity index (χ3v) is 6.18. The third-order valence-electron chi connectivity index (χ3n) is 6.18. The molecular formula is C18H24O2. The largest absolute Gasteiger partial charge is 0.462 e. The average molecular weight is 272 g/mol. The summed E-state index contributed by atoms with van der Waals surface area (Å²) in [5.74, 6) is 0.632. The maximum absolute atomic E-state index is 12.2. The van der Waals surface area contributed by atoms with E-state index in [1.807, 2.05) is 30.3 Å². The molecule has 2 aliphatic rings. The fourth-order valence-corrected chi connectivity index (χ4v) is 4.27. The Morgan fingerprint density at radius 2 is 1.95 bits per heavy atom. The van der Waals surface area contributed by atoms with Crippen molar-refractivity contribution < 1.29 is 9.53 Å². The van der Waals surface area contributed by atoms with E-state index in [9.17, 15) is 4.79 Å². The van der Waals surface area contributed by atoms with E-state index in [1.165, 1.54) is 12.8 Å². The molecule has 2 fully saturated rings. The van der Waals surface area contributed by atoms with Crippen LogP contribution in [0.2, 0.25) is 0 Å². The van der Waals surface area contributed by atoms with Gasteiger partial charge in [-0.05, 0) is 36.2 Å². The first-order chi connectivity index (χ1) is 9.43. The van der Waals surface area contributed by atoms with Crippen molar-refractivity contribution in [1.82, 2.24) is 0 Å². The highest BCUT2D eigenvalue weighted by atomic mass is 16.5. The highest BCUT2D eigenvalue weighted by Gasteiger charge is 2.62. The van der Waals surface area contributed by atoms with Crippen molar-refractivity contribution in [3.05, 3.63) is 35.9 Å². The highest BCUT2D eigenvalue weighted by Crippen LogP contribution is 2.66. The monoisotopic (exact) mass is 272 g/mol. The molecule has 0 saturated heterocycles. The molecule has 0 N–H and O–H groups in total. The summed E-state index contributed by atoms with van der Waals surface area (Å²) in [7, 11) is 0. The van der Waals surface area contributed by atoms with Gasteiger partial charge in [-0.25, -0.2) is 0 Å². The van der Waals surface area contributed by atoms with Crippen LogP contribution < -0.4 is 0 Å². The van der Waals surface area contributed by atoms with E-state index < -0.39 is 0 Å². The number of hydrogen-bond acceptors (Lipinski definition) is 2. The van der Waals surface area contributed by atoms with Crippen LogP contribution in [-0.2, 0) is 16.0 Å². The summed E-state index contributed by atoms with van der Waals surface area (Å²) >= 11 is 0. The molecule has 2 saturated carbocycles. The zero-order chi connectivity index (χ0) is 14.4. The fourth-order valence-electron chi connectivity index (χ4n) is 4.27. The molecule has 0 radical (unpaired) electrons. The van der Waals surface area contributed by atoms with Gasteiger partial charge in [0.05, 0.1) is 6.42 Å². The molecule has 3 unspecified atom stereocenters. The molecule has 0 aliphatic heterocycles. The number of fused-ring (bicyclic) bond motifs is 2. The lowest BCUT2D eigenvalue weighted by Gasteiger charge is -2.38. The molecule has 0 heterocycles. The van der Waals surface area contributed by atoms with Gasteiger partial charge in [-0.3, -0.25) is 4.79 Å². The van der Waals surface area contributed by atoms with Crippen molar-refractivity contribution in [2.24, 2.45) is 16.7 Å². The highest BCUT2D eigenvalue weighted by molar-refractivity contribution is 5.72. The Morgan fingerprint density at radius 1 is 1.25 bits per heavy atom. The molecule has 0 amide bonds. The van der Waals surface area contributed by atoms with Gasteiger partial charge in [0.1, 0.15) is 6.10 Å². The molecule has 0 aromatic heterocycles. The van der Waals surface area contributed by atoms with Crippen molar-refractivity contribution in [1.29, 1.82) is 0 Å². The molecule has 108 valence electrons. The van der Waals surface area contributed by atoms with Gasteiger partial charge < -0.3 is 4.74 Å². The molecule has 1 aromatic rings. The molecule has 2 aliphatic carbocycles. The first kappa shape index (κ1) is 13.7. The Morgan fingerprint density at radius 3 is 2.50 bits per heavy atom. The van der Waals surface area contributed by atoms with E-state index in [0.29, 0.717) is 17.8 Å². The maximum Gasteiger partial charge on any atom is 0.310 e. The predicted octanol–water partition coefficient (Wildman–Crippen LogP) is 3.99. The van der Waals surface area contributed by atoms with Crippen LogP contribution in [0, 0.1) is 16.7 Å². The lowest BCUT2D eigenvalue weighted by atomic mass is 9.70. The Labute approximate surface area is 121 Å². The van der Waals surface area contributed by atoms with Gasteiger partial charge in [0, 0.05) is 5.41 Å². The van der Waals surface area contributed by atoms with Gasteiger partial charge in [0.2, 0.25) is 0 Å². The number of carbonyl (C=O) groups is 1. The lowest BCUT2D eigenvalue weighted by Crippen LogP contribution is -2.38. The van der Waals surface area contributed by atoms with Gasteiger partial charge in [-0.2, -0.15) is 0 Å². The summed E-state index contributed by atoms with van der Waals surface area (Å²) in [6.45, 7) is 6.99. The summed E-state index contributed by atoms with van der Waals surface area (Å²) in [5.41, 5.74) is 1.49. The van der Waals surface area contributed by atoms with Crippen molar-refractivity contribution >= 4 is 5.97 Å². The van der Waals surface area contributed by atoms with E-state index >= 15 is 0 Å². The minimum Gasteiger partial charge on any atom is -0.462 e. The summed E-state index contributed by atoms with van der Waals surface area (Å²) < 4.78 is 5.85. The maximum atomic E-state index is 12.2. The number of benzene rings is 1. The fraction of sp³-hybridized carbons (Fsp3) is 0.611. The molecule has 1 aromatic carbocycles. The van der Waals surface area contributed by atoms with Gasteiger partial charge in [-0.15, -0.1) is 0 Å². The van der Waals surface area contributed by atoms with E-state index in [0.717, 1.165) is 12.0 Å². The van der Waals surface area contributed by atoms with Gasteiger partial charge in [0.25, 0.3) is 0 Å². The van der Waals surface area contributed by atoms with Crippen LogP contribution in [0.25, 0.3) is 0 Å². The second-order valence-corrected chi connectivity index (χ2v) is 7.25. The number of carbonyl (C=O) groups excluding carboxylic acids is 1. The topological polar surface area (TPSA) is 26.3 Å². The van der Waals surface area contributed by atoms with Crippen LogP contribution in [0.5, 0.6) is 0 Å². The average Bonchev–Trinajstić information content (AvgIpc) is 2.73. The standard InChI is InChI=1S/C18H24O2/c1-17(2)14-9-10-18(17,3)15(12-14)20-16(19)11-13-7-5-4-6-8-13/h4-8,14-15H,9-12H2,1-3H3. The van der Waals surface area contributed by atoms with Gasteiger partial charge in [0.15, 0.2) is 0 Å². The second-order valence-electron chi connectivity index (χ2n) is 7.25. The minimum absolute atomic E-state index is 0.0780. The number of ether oxygens (including phenoxy) is 1. The summed E-state index contributed by atoms with van der Waals surface area (Å²) in [5, 5.41) is 0. The number of rotatable bonds is 3. The molecule has 2 heteroatoms. The van der Waals surface area contributed by atoms with E-state index in [2.05, 4.69) is 20.8 Å². The van der Waals surface area contributed by atoms with E-state index in [4.69, 9.17) is 4.74 Å². The number of hydrogen-bond donors (Lipinski definition) is 0. The zero-order valence-corrected chi connectivity index (χ0v) is 12.7. The molecule has 0 spiro atoms. The van der Waals surface area contributed by atoms with Gasteiger partial charge >= 0.3 is 5.97 Å². The van der Waals surface area contributed by atoms with Crippen LogP contribution >= 0.6 is 0 Å². The smallest absolute Gasteiger partial charge is 0.310 e. The molecular weight excluding hydrogens is 248 g/mol. The third kappa shape index (κ3) is 1.97. The molecule has 3 atom stereocenters. The minimum atomic E-state index is -0.0780. The quantitative estimate of drug-likeness (QED) is 0.778.